The average molecular weight is 433 g/mol. The molecule has 2 saturated heterocycles. The first-order valence-electron chi connectivity index (χ1n) is 9.55. The zero-order chi connectivity index (χ0) is 22.0. The van der Waals surface area contributed by atoms with Crippen LogP contribution in [-0.2, 0) is 16.3 Å². The van der Waals surface area contributed by atoms with Gasteiger partial charge in [-0.2, -0.15) is 18.2 Å². The Labute approximate surface area is 174 Å². The van der Waals surface area contributed by atoms with E-state index in [1.165, 1.54) is 19.4 Å². The molecule has 0 radical (unpaired) electrons. The lowest BCUT2D eigenvalue weighted by atomic mass is 9.62. The molecule has 3 aliphatic rings. The van der Waals surface area contributed by atoms with Crippen LogP contribution in [-0.4, -0.2) is 44.6 Å². The Morgan fingerprint density at radius 1 is 1.23 bits per heavy atom. The third-order valence-electron chi connectivity index (χ3n) is 5.78. The highest BCUT2D eigenvalue weighted by Crippen LogP contribution is 2.58. The summed E-state index contributed by atoms with van der Waals surface area (Å²) in [6.45, 7) is 2.67. The predicted molar refractivity (Wildman–Crippen MR) is 102 cm³/mol. The highest BCUT2D eigenvalue weighted by Gasteiger charge is 2.61. The molecule has 3 aromatic rings. The van der Waals surface area contributed by atoms with Crippen molar-refractivity contribution in [1.29, 1.82) is 0 Å². The van der Waals surface area contributed by atoms with E-state index < -0.39 is 17.8 Å². The number of ether oxygens (including phenoxy) is 2. The summed E-state index contributed by atoms with van der Waals surface area (Å²) < 4.78 is 51.5. The van der Waals surface area contributed by atoms with E-state index in [-0.39, 0.29) is 28.4 Å². The van der Waals surface area contributed by atoms with Gasteiger partial charge in [0.05, 0.1) is 31.2 Å². The van der Waals surface area contributed by atoms with Crippen molar-refractivity contribution in [3.05, 3.63) is 47.7 Å². The van der Waals surface area contributed by atoms with E-state index in [4.69, 9.17) is 9.47 Å². The number of methoxy groups -OCH3 is 1. The van der Waals surface area contributed by atoms with Crippen LogP contribution in [0.5, 0.6) is 5.88 Å². The molecule has 6 rings (SSSR count). The van der Waals surface area contributed by atoms with Crippen molar-refractivity contribution in [2.24, 2.45) is 0 Å². The summed E-state index contributed by atoms with van der Waals surface area (Å²) in [5, 5.41) is 2.47. The van der Waals surface area contributed by atoms with Gasteiger partial charge in [-0.3, -0.25) is 9.20 Å². The van der Waals surface area contributed by atoms with E-state index in [2.05, 4.69) is 27.2 Å². The van der Waals surface area contributed by atoms with Gasteiger partial charge in [-0.25, -0.2) is 9.97 Å². The molecule has 5 heterocycles. The number of pyridine rings is 1. The molecular formula is C20H18F3N5O3. The molecule has 162 valence electrons. The number of rotatable bonds is 4. The minimum Gasteiger partial charge on any atom is -0.478 e. The first kappa shape index (κ1) is 19.7. The largest absolute Gasteiger partial charge is 0.478 e. The van der Waals surface area contributed by atoms with Crippen LogP contribution in [0.25, 0.3) is 5.65 Å². The van der Waals surface area contributed by atoms with Gasteiger partial charge in [0.1, 0.15) is 11.4 Å². The van der Waals surface area contributed by atoms with Crippen LogP contribution in [0.4, 0.5) is 19.0 Å². The van der Waals surface area contributed by atoms with Gasteiger partial charge in [-0.15, -0.1) is 0 Å². The molecule has 0 atom stereocenters. The number of imidazole rings is 1. The Kier molecular flexibility index (Phi) is 4.07. The molecule has 1 saturated carbocycles. The van der Waals surface area contributed by atoms with Crippen LogP contribution in [0.2, 0.25) is 0 Å². The number of fused-ring (bicyclic) bond motifs is 2. The summed E-state index contributed by atoms with van der Waals surface area (Å²) in [4.78, 5) is 24.8. The standard InChI is InChI=1S/C20H18F3N5O3/c1-18-8-19(9-18,10-31-18)13-6-28-7-14(27-17(30-2)15(28)25-13)26-16(29)11-4-3-5-12(24-11)20(21,22)23/h3-7H,8-10H2,1-2H3,(H,26,29). The molecule has 11 heteroatoms. The number of amides is 1. The molecule has 1 aliphatic carbocycles. The fourth-order valence-corrected chi connectivity index (χ4v) is 4.47. The summed E-state index contributed by atoms with van der Waals surface area (Å²) in [7, 11) is 1.42. The predicted octanol–water partition coefficient (Wildman–Crippen LogP) is 3.22. The lowest BCUT2D eigenvalue weighted by Gasteiger charge is -2.41. The summed E-state index contributed by atoms with van der Waals surface area (Å²) in [5.41, 5.74) is -0.441. The molecule has 2 bridgehead atoms. The molecule has 3 aromatic heterocycles. The number of alkyl halides is 3. The quantitative estimate of drug-likeness (QED) is 0.680. The average Bonchev–Trinajstić information content (AvgIpc) is 3.37. The number of nitrogens with one attached hydrogen (secondary N) is 1. The normalized spacial score (nSPS) is 24.8. The first-order chi connectivity index (χ1) is 14.6. The summed E-state index contributed by atoms with van der Waals surface area (Å²) in [6, 6.07) is 3.12. The highest BCUT2D eigenvalue weighted by atomic mass is 19.4. The number of carbonyl (C=O) groups excluding carboxylic acids is 1. The monoisotopic (exact) mass is 433 g/mol. The second kappa shape index (κ2) is 6.39. The van der Waals surface area contributed by atoms with Crippen LogP contribution < -0.4 is 10.1 Å². The molecule has 1 amide bonds. The molecule has 2 aliphatic heterocycles. The van der Waals surface area contributed by atoms with Crippen molar-refractivity contribution < 1.29 is 27.4 Å². The SMILES string of the molecule is COc1nc(NC(=O)c2cccc(C(F)(F)F)n2)cn2cc(C34COC(C)(C3)C4)nc12. The van der Waals surface area contributed by atoms with Crippen molar-refractivity contribution >= 4 is 17.4 Å². The minimum absolute atomic E-state index is 0.0936. The number of aromatic nitrogens is 4. The Bertz CT molecular complexity index is 1200. The van der Waals surface area contributed by atoms with Gasteiger partial charge in [0.15, 0.2) is 5.82 Å². The highest BCUT2D eigenvalue weighted by molar-refractivity contribution is 6.02. The van der Waals surface area contributed by atoms with Gasteiger partial charge in [0, 0.05) is 11.6 Å². The number of hydrogen-bond donors (Lipinski definition) is 1. The molecule has 31 heavy (non-hydrogen) atoms. The summed E-state index contributed by atoms with van der Waals surface area (Å²) in [6.07, 6.45) is 0.482. The van der Waals surface area contributed by atoms with E-state index in [1.807, 2.05) is 6.20 Å². The Morgan fingerprint density at radius 3 is 2.65 bits per heavy atom. The summed E-state index contributed by atoms with van der Waals surface area (Å²) in [5.74, 6) is -0.549. The number of hydrogen-bond acceptors (Lipinski definition) is 6. The van der Waals surface area contributed by atoms with E-state index in [1.54, 1.807) is 4.40 Å². The Balaban J connectivity index is 1.45. The Hall–Kier alpha value is -3.21. The van der Waals surface area contributed by atoms with Crippen molar-refractivity contribution in [3.63, 3.8) is 0 Å². The van der Waals surface area contributed by atoms with Gasteiger partial charge in [-0.1, -0.05) is 6.07 Å². The van der Waals surface area contributed by atoms with Gasteiger partial charge >= 0.3 is 6.18 Å². The zero-order valence-electron chi connectivity index (χ0n) is 16.7. The van der Waals surface area contributed by atoms with Crippen LogP contribution in [0.3, 0.4) is 0 Å². The Morgan fingerprint density at radius 2 is 2.00 bits per heavy atom. The van der Waals surface area contributed by atoms with Crippen molar-refractivity contribution in [3.8, 4) is 5.88 Å². The number of nitrogens with zero attached hydrogens (tertiary/aromatic N) is 4. The second-order valence-corrected chi connectivity index (χ2v) is 8.22. The lowest BCUT2D eigenvalue weighted by molar-refractivity contribution is -0.141. The summed E-state index contributed by atoms with van der Waals surface area (Å²) >= 11 is 0. The fourth-order valence-electron chi connectivity index (χ4n) is 4.47. The molecule has 0 aromatic carbocycles. The second-order valence-electron chi connectivity index (χ2n) is 8.22. The number of carbonyl (C=O) groups is 1. The fraction of sp³-hybridized carbons (Fsp3) is 0.400. The van der Waals surface area contributed by atoms with Gasteiger partial charge < -0.3 is 14.8 Å². The maximum atomic E-state index is 12.9. The molecule has 3 fully saturated rings. The maximum absolute atomic E-state index is 12.9. The third-order valence-corrected chi connectivity index (χ3v) is 5.78. The zero-order valence-corrected chi connectivity index (χ0v) is 16.7. The van der Waals surface area contributed by atoms with Crippen LogP contribution in [0.15, 0.2) is 30.6 Å². The van der Waals surface area contributed by atoms with Crippen molar-refractivity contribution in [2.75, 3.05) is 19.0 Å². The van der Waals surface area contributed by atoms with E-state index >= 15 is 0 Å². The van der Waals surface area contributed by atoms with Crippen LogP contribution in [0.1, 0.15) is 41.6 Å². The van der Waals surface area contributed by atoms with Gasteiger partial charge in [-0.05, 0) is 31.9 Å². The number of halogens is 3. The van der Waals surface area contributed by atoms with E-state index in [9.17, 15) is 18.0 Å². The van der Waals surface area contributed by atoms with Crippen molar-refractivity contribution in [2.45, 2.75) is 37.0 Å². The van der Waals surface area contributed by atoms with Crippen LogP contribution >= 0.6 is 0 Å². The van der Waals surface area contributed by atoms with Crippen LogP contribution in [0, 0.1) is 0 Å². The number of anilines is 1. The topological polar surface area (TPSA) is 90.6 Å². The van der Waals surface area contributed by atoms with Crippen molar-refractivity contribution in [1.82, 2.24) is 19.4 Å². The minimum atomic E-state index is -4.65. The maximum Gasteiger partial charge on any atom is 0.433 e. The van der Waals surface area contributed by atoms with E-state index in [0.717, 1.165) is 30.7 Å². The van der Waals surface area contributed by atoms with Gasteiger partial charge in [0.25, 0.3) is 11.8 Å². The van der Waals surface area contributed by atoms with E-state index in [0.29, 0.717) is 12.3 Å². The smallest absolute Gasteiger partial charge is 0.433 e. The molecule has 1 N–H and O–H groups in total. The molecule has 0 unspecified atom stereocenters. The third kappa shape index (κ3) is 3.19. The lowest BCUT2D eigenvalue weighted by Crippen LogP contribution is -2.45. The molecule has 8 nitrogen and oxygen atoms in total. The molecular weight excluding hydrogens is 415 g/mol. The first-order valence-corrected chi connectivity index (χ1v) is 9.55. The molecule has 0 spiro atoms. The van der Waals surface area contributed by atoms with Gasteiger partial charge in [0.2, 0.25) is 5.65 Å².